The number of nitrogens with zero attached hydrogens (tertiary/aromatic N) is 1. The van der Waals surface area contributed by atoms with E-state index in [4.69, 9.17) is 0 Å². The van der Waals surface area contributed by atoms with E-state index in [2.05, 4.69) is 5.32 Å². The third kappa shape index (κ3) is 2.83. The molecule has 0 spiro atoms. The predicted molar refractivity (Wildman–Crippen MR) is 99.0 cm³/mol. The van der Waals surface area contributed by atoms with Crippen LogP contribution in [0.1, 0.15) is 16.7 Å². The average molecular weight is 366 g/mol. The van der Waals surface area contributed by atoms with Crippen molar-refractivity contribution in [1.29, 1.82) is 0 Å². The monoisotopic (exact) mass is 366 g/mol. The first kappa shape index (κ1) is 17.1. The molecule has 27 heavy (non-hydrogen) atoms. The first-order chi connectivity index (χ1) is 13.0. The lowest BCUT2D eigenvalue weighted by atomic mass is 9.95. The summed E-state index contributed by atoms with van der Waals surface area (Å²) in [6.07, 6.45) is 1.60. The maximum absolute atomic E-state index is 13.9. The number of hydrogen-bond acceptors (Lipinski definition) is 2. The number of aryl methyl sites for hydroxylation is 2. The van der Waals surface area contributed by atoms with Crippen molar-refractivity contribution in [3.05, 3.63) is 71.2 Å². The van der Waals surface area contributed by atoms with Crippen LogP contribution in [0.3, 0.4) is 0 Å². The molecule has 0 radical (unpaired) electrons. The molecule has 1 aliphatic heterocycles. The van der Waals surface area contributed by atoms with E-state index < -0.39 is 24.3 Å². The second-order valence-corrected chi connectivity index (χ2v) is 6.49. The van der Waals surface area contributed by atoms with E-state index in [0.29, 0.717) is 22.0 Å². The number of aromatic nitrogens is 1. The van der Waals surface area contributed by atoms with Crippen LogP contribution in [0, 0.1) is 12.7 Å². The highest BCUT2D eigenvalue weighted by atomic mass is 19.1. The fraction of sp³-hybridized carbons (Fsp3) is 0.143. The minimum absolute atomic E-state index is 0.0742. The van der Waals surface area contributed by atoms with Crippen molar-refractivity contribution in [2.45, 2.75) is 13.5 Å². The Bertz CT molecular complexity index is 1130. The number of alkyl halides is 1. The van der Waals surface area contributed by atoms with Gasteiger partial charge in [0.15, 0.2) is 0 Å². The number of carbonyl (C=O) groups excluding carboxylic acids is 2. The quantitative estimate of drug-likeness (QED) is 0.717. The van der Waals surface area contributed by atoms with Gasteiger partial charge in [0.2, 0.25) is 0 Å². The number of benzene rings is 2. The summed E-state index contributed by atoms with van der Waals surface area (Å²) < 4.78 is 28.5. The summed E-state index contributed by atoms with van der Waals surface area (Å²) in [7, 11) is 0. The van der Waals surface area contributed by atoms with Crippen molar-refractivity contribution in [2.75, 3.05) is 6.67 Å². The van der Waals surface area contributed by atoms with Gasteiger partial charge in [-0.05, 0) is 30.7 Å². The van der Waals surface area contributed by atoms with Crippen molar-refractivity contribution >= 4 is 33.9 Å². The number of amides is 2. The lowest BCUT2D eigenvalue weighted by Crippen LogP contribution is -2.22. The number of hydrogen-bond donors (Lipinski definition) is 1. The number of rotatable bonds is 4. The number of carbonyl (C=O) groups is 2. The molecule has 1 aliphatic rings. The van der Waals surface area contributed by atoms with E-state index in [0.717, 1.165) is 5.56 Å². The molecule has 3 aromatic rings. The van der Waals surface area contributed by atoms with Gasteiger partial charge in [-0.25, -0.2) is 8.78 Å². The summed E-state index contributed by atoms with van der Waals surface area (Å²) in [5.41, 5.74) is 2.99. The fourth-order valence-corrected chi connectivity index (χ4v) is 3.53. The molecule has 0 saturated heterocycles. The van der Waals surface area contributed by atoms with Crippen LogP contribution in [-0.4, -0.2) is 23.1 Å². The number of fused-ring (bicyclic) bond motifs is 1. The van der Waals surface area contributed by atoms with Gasteiger partial charge in [-0.3, -0.25) is 14.9 Å². The Morgan fingerprint density at radius 1 is 1.04 bits per heavy atom. The highest BCUT2D eigenvalue weighted by molar-refractivity contribution is 6.50. The molecule has 0 fully saturated rings. The van der Waals surface area contributed by atoms with Gasteiger partial charge in [0.05, 0.1) is 17.7 Å². The molecule has 0 atom stereocenters. The molecule has 0 aliphatic carbocycles. The van der Waals surface area contributed by atoms with E-state index in [9.17, 15) is 18.4 Å². The zero-order valence-electron chi connectivity index (χ0n) is 14.6. The SMILES string of the molecule is Cc1cccc(C2=C(c3cn(CCF)c4ccc(F)cc34)C(=O)NC2=O)c1. The van der Waals surface area contributed by atoms with E-state index in [1.165, 1.54) is 12.1 Å². The van der Waals surface area contributed by atoms with Crippen LogP contribution < -0.4 is 5.32 Å². The van der Waals surface area contributed by atoms with Crippen LogP contribution in [0.2, 0.25) is 0 Å². The van der Waals surface area contributed by atoms with Crippen LogP contribution in [0.4, 0.5) is 8.78 Å². The molecular formula is C21H16F2N2O2. The Morgan fingerprint density at radius 3 is 2.56 bits per heavy atom. The van der Waals surface area contributed by atoms with Gasteiger partial charge in [0.25, 0.3) is 11.8 Å². The molecule has 4 nitrogen and oxygen atoms in total. The Labute approximate surface area is 154 Å². The summed E-state index contributed by atoms with van der Waals surface area (Å²) >= 11 is 0. The average Bonchev–Trinajstić information content (AvgIpc) is 3.11. The summed E-state index contributed by atoms with van der Waals surface area (Å²) in [6.45, 7) is 1.36. The molecule has 2 amide bonds. The van der Waals surface area contributed by atoms with E-state index in [1.54, 1.807) is 29.0 Å². The highest BCUT2D eigenvalue weighted by Gasteiger charge is 2.34. The molecule has 0 unspecified atom stereocenters. The molecule has 136 valence electrons. The standard InChI is InChI=1S/C21H16F2N2O2/c1-12-3-2-4-13(9-12)18-19(21(27)24-20(18)26)16-11-25(8-7-22)17-6-5-14(23)10-15(16)17/h2-6,9-11H,7-8H2,1H3,(H,24,26,27). The third-order valence-corrected chi connectivity index (χ3v) is 4.68. The van der Waals surface area contributed by atoms with Crippen LogP contribution in [0.15, 0.2) is 48.7 Å². The minimum Gasteiger partial charge on any atom is -0.344 e. The second kappa shape index (κ2) is 6.46. The lowest BCUT2D eigenvalue weighted by molar-refractivity contribution is -0.122. The van der Waals surface area contributed by atoms with Gasteiger partial charge < -0.3 is 4.57 Å². The van der Waals surface area contributed by atoms with Gasteiger partial charge in [0.1, 0.15) is 12.5 Å². The highest BCUT2D eigenvalue weighted by Crippen LogP contribution is 2.36. The molecule has 4 rings (SSSR count). The molecule has 2 heterocycles. The fourth-order valence-electron chi connectivity index (χ4n) is 3.53. The summed E-state index contributed by atoms with van der Waals surface area (Å²) in [6, 6.07) is 11.4. The molecule has 6 heteroatoms. The first-order valence-corrected chi connectivity index (χ1v) is 8.51. The van der Waals surface area contributed by atoms with Crippen molar-refractivity contribution in [2.24, 2.45) is 0 Å². The third-order valence-electron chi connectivity index (χ3n) is 4.68. The second-order valence-electron chi connectivity index (χ2n) is 6.49. The van der Waals surface area contributed by atoms with Gasteiger partial charge in [-0.1, -0.05) is 29.8 Å². The Balaban J connectivity index is 2.04. The molecule has 1 N–H and O–H groups in total. The van der Waals surface area contributed by atoms with E-state index in [1.807, 2.05) is 19.1 Å². The molecule has 1 aromatic heterocycles. The summed E-state index contributed by atoms with van der Waals surface area (Å²) in [4.78, 5) is 25.1. The maximum atomic E-state index is 13.9. The zero-order valence-corrected chi connectivity index (χ0v) is 14.6. The molecule has 0 bridgehead atoms. The molecule has 0 saturated carbocycles. The van der Waals surface area contributed by atoms with Gasteiger partial charge in [-0.15, -0.1) is 0 Å². The summed E-state index contributed by atoms with van der Waals surface area (Å²) in [5, 5.41) is 2.79. The first-order valence-electron chi connectivity index (χ1n) is 8.51. The zero-order chi connectivity index (χ0) is 19.1. The molecule has 2 aromatic carbocycles. The normalized spacial score (nSPS) is 14.3. The summed E-state index contributed by atoms with van der Waals surface area (Å²) in [5.74, 6) is -1.51. The Morgan fingerprint density at radius 2 is 1.81 bits per heavy atom. The van der Waals surface area contributed by atoms with Gasteiger partial charge in [-0.2, -0.15) is 0 Å². The predicted octanol–water partition coefficient (Wildman–Crippen LogP) is 3.63. The smallest absolute Gasteiger partial charge is 0.259 e. The van der Waals surface area contributed by atoms with Gasteiger partial charge >= 0.3 is 0 Å². The van der Waals surface area contributed by atoms with E-state index in [-0.39, 0.29) is 17.7 Å². The Kier molecular flexibility index (Phi) is 4.11. The van der Waals surface area contributed by atoms with Crippen LogP contribution >= 0.6 is 0 Å². The Hall–Kier alpha value is -3.28. The van der Waals surface area contributed by atoms with Crippen LogP contribution in [-0.2, 0) is 16.1 Å². The lowest BCUT2D eigenvalue weighted by Gasteiger charge is -2.05. The number of nitrogens with one attached hydrogen (secondary N) is 1. The van der Waals surface area contributed by atoms with Crippen LogP contribution in [0.25, 0.3) is 22.0 Å². The van der Waals surface area contributed by atoms with Crippen molar-refractivity contribution in [1.82, 2.24) is 9.88 Å². The number of imide groups is 1. The molecular weight excluding hydrogens is 350 g/mol. The van der Waals surface area contributed by atoms with E-state index >= 15 is 0 Å². The maximum Gasteiger partial charge on any atom is 0.259 e. The van der Waals surface area contributed by atoms with Crippen LogP contribution in [0.5, 0.6) is 0 Å². The van der Waals surface area contributed by atoms with Crippen molar-refractivity contribution in [3.8, 4) is 0 Å². The largest absolute Gasteiger partial charge is 0.344 e. The van der Waals surface area contributed by atoms with Crippen molar-refractivity contribution < 1.29 is 18.4 Å². The van der Waals surface area contributed by atoms with Gasteiger partial charge in [0, 0.05) is 22.7 Å². The van der Waals surface area contributed by atoms with Crippen molar-refractivity contribution in [3.63, 3.8) is 0 Å². The number of halogens is 2. The topological polar surface area (TPSA) is 51.1 Å². The minimum atomic E-state index is -0.602.